The third kappa shape index (κ3) is 1.40. The maximum atomic E-state index is 10.4. The van der Waals surface area contributed by atoms with Crippen LogP contribution in [0.25, 0.3) is 0 Å². The minimum atomic E-state index is -1.29. The highest BCUT2D eigenvalue weighted by molar-refractivity contribution is 5.74. The van der Waals surface area contributed by atoms with Gasteiger partial charge in [0.25, 0.3) is 0 Å². The topological polar surface area (TPSA) is 108 Å². The number of rotatable bonds is 3. The molecule has 0 aromatic carbocycles. The Morgan fingerprint density at radius 2 is 1.92 bits per heavy atom. The van der Waals surface area contributed by atoms with Crippen molar-refractivity contribution in [3.63, 3.8) is 0 Å². The summed E-state index contributed by atoms with van der Waals surface area (Å²) in [6.45, 7) is 0. The van der Waals surface area contributed by atoms with Crippen LogP contribution in [0.15, 0.2) is 0 Å². The monoisotopic (exact) mass is 172 g/mol. The molecule has 12 heavy (non-hydrogen) atoms. The molecule has 0 unspecified atom stereocenters. The highest BCUT2D eigenvalue weighted by Gasteiger charge is 2.38. The fourth-order valence-electron chi connectivity index (χ4n) is 1.47. The van der Waals surface area contributed by atoms with Crippen molar-refractivity contribution in [1.29, 1.82) is 0 Å². The molecule has 3 N–H and O–H groups in total. The summed E-state index contributed by atoms with van der Waals surface area (Å²) in [5, 5.41) is 20.7. The minimum absolute atomic E-state index is 0.403. The molecule has 0 saturated heterocycles. The Kier molecular flexibility index (Phi) is 2.32. The molecular weight excluding hydrogens is 162 g/mol. The summed E-state index contributed by atoms with van der Waals surface area (Å²) in [5.74, 6) is -3.52. The highest BCUT2D eigenvalue weighted by atomic mass is 16.4. The smallest absolute Gasteiger partial charge is 0.128 e. The zero-order valence-electron chi connectivity index (χ0n) is 6.49. The van der Waals surface area contributed by atoms with Gasteiger partial charge in [0, 0.05) is 17.8 Å². The molecule has 0 aromatic rings. The van der Waals surface area contributed by atoms with Crippen LogP contribution < -0.4 is 15.9 Å². The highest BCUT2D eigenvalue weighted by Crippen LogP contribution is 2.34. The Morgan fingerprint density at radius 1 is 1.33 bits per heavy atom. The molecule has 0 radical (unpaired) electrons. The predicted octanol–water partition coefficient (Wildman–Crippen LogP) is -3.88. The molecule has 5 heteroatoms. The molecular formula is C7H10NO4-. The zero-order chi connectivity index (χ0) is 9.30. The molecule has 1 aliphatic carbocycles. The number of aliphatic carboxylic acids is 2. The molecule has 0 aromatic heterocycles. The van der Waals surface area contributed by atoms with Gasteiger partial charge in [-0.2, -0.15) is 0 Å². The van der Waals surface area contributed by atoms with Crippen molar-refractivity contribution in [3.05, 3.63) is 0 Å². The third-order valence-corrected chi connectivity index (χ3v) is 2.45. The van der Waals surface area contributed by atoms with Crippen LogP contribution in [0.2, 0.25) is 0 Å². The van der Waals surface area contributed by atoms with E-state index in [9.17, 15) is 19.8 Å². The minimum Gasteiger partial charge on any atom is -0.550 e. The van der Waals surface area contributed by atoms with Gasteiger partial charge in [-0.1, -0.05) is 0 Å². The molecule has 0 amide bonds. The van der Waals surface area contributed by atoms with E-state index in [-0.39, 0.29) is 0 Å². The SMILES string of the molecule is [NH3+][C@H](C(=O)[O-])[C@@H]1CC[C@@H]1C(=O)[O-]. The van der Waals surface area contributed by atoms with Crippen LogP contribution >= 0.6 is 0 Å². The van der Waals surface area contributed by atoms with Crippen molar-refractivity contribution in [2.24, 2.45) is 11.8 Å². The molecule has 0 heterocycles. The van der Waals surface area contributed by atoms with Crippen molar-refractivity contribution < 1.29 is 25.5 Å². The number of carboxylic acid groups (broad SMARTS) is 2. The molecule has 5 nitrogen and oxygen atoms in total. The lowest BCUT2D eigenvalue weighted by Crippen LogP contribution is -2.74. The Bertz CT molecular complexity index is 199. The van der Waals surface area contributed by atoms with Crippen LogP contribution in [-0.4, -0.2) is 18.0 Å². The summed E-state index contributed by atoms with van der Waals surface area (Å²) in [7, 11) is 0. The van der Waals surface area contributed by atoms with Crippen LogP contribution in [0, 0.1) is 11.8 Å². The summed E-state index contributed by atoms with van der Waals surface area (Å²) >= 11 is 0. The standard InChI is InChI=1S/C7H11NO4/c8-5(7(11)12)3-1-2-4(3)6(9)10/h3-5H,1-2,8H2,(H,9,10)(H,11,12)/p-1/t3-,4+,5+/m1/s1. The molecule has 1 fully saturated rings. The second-order valence-corrected chi connectivity index (χ2v) is 3.09. The summed E-state index contributed by atoms with van der Waals surface area (Å²) in [4.78, 5) is 20.7. The van der Waals surface area contributed by atoms with Crippen molar-refractivity contribution >= 4 is 11.9 Å². The van der Waals surface area contributed by atoms with Crippen LogP contribution in [0.1, 0.15) is 12.8 Å². The van der Waals surface area contributed by atoms with Crippen LogP contribution in [0.4, 0.5) is 0 Å². The molecule has 0 spiro atoms. The van der Waals surface area contributed by atoms with E-state index in [1.54, 1.807) is 0 Å². The van der Waals surface area contributed by atoms with Crippen molar-refractivity contribution in [2.45, 2.75) is 18.9 Å². The Labute approximate surface area is 69.2 Å². The van der Waals surface area contributed by atoms with Crippen molar-refractivity contribution in [3.8, 4) is 0 Å². The zero-order valence-corrected chi connectivity index (χ0v) is 6.49. The van der Waals surface area contributed by atoms with Gasteiger partial charge >= 0.3 is 0 Å². The average molecular weight is 172 g/mol. The van der Waals surface area contributed by atoms with Gasteiger partial charge in [0.05, 0.1) is 5.97 Å². The maximum absolute atomic E-state index is 10.4. The van der Waals surface area contributed by atoms with Crippen LogP contribution in [0.3, 0.4) is 0 Å². The summed E-state index contributed by atoms with van der Waals surface area (Å²) in [6.07, 6.45) is 1.08. The molecule has 0 aliphatic heterocycles. The number of carbonyl (C=O) groups excluding carboxylic acids is 2. The fourth-order valence-corrected chi connectivity index (χ4v) is 1.47. The number of carboxylic acids is 2. The maximum Gasteiger partial charge on any atom is 0.128 e. The lowest BCUT2D eigenvalue weighted by atomic mass is 9.70. The van der Waals surface area contributed by atoms with E-state index >= 15 is 0 Å². The van der Waals surface area contributed by atoms with Crippen LogP contribution in [0.5, 0.6) is 0 Å². The number of hydrogen-bond donors (Lipinski definition) is 1. The first-order valence-electron chi connectivity index (χ1n) is 3.79. The molecule has 68 valence electrons. The molecule has 0 bridgehead atoms. The van der Waals surface area contributed by atoms with Gasteiger partial charge in [-0.05, 0) is 12.8 Å². The van der Waals surface area contributed by atoms with E-state index in [0.29, 0.717) is 12.8 Å². The molecule has 1 aliphatic rings. The van der Waals surface area contributed by atoms with Gasteiger partial charge in [-0.3, -0.25) is 0 Å². The van der Waals surface area contributed by atoms with Gasteiger partial charge in [-0.15, -0.1) is 0 Å². The van der Waals surface area contributed by atoms with Gasteiger partial charge in [0.15, 0.2) is 0 Å². The van der Waals surface area contributed by atoms with E-state index < -0.39 is 29.8 Å². The van der Waals surface area contributed by atoms with Gasteiger partial charge in [0.2, 0.25) is 0 Å². The normalized spacial score (nSPS) is 30.4. The third-order valence-electron chi connectivity index (χ3n) is 2.45. The molecule has 3 atom stereocenters. The Hall–Kier alpha value is -1.10. The number of carbonyl (C=O) groups is 2. The predicted molar refractivity (Wildman–Crippen MR) is 32.9 cm³/mol. The first kappa shape index (κ1) is 8.99. The van der Waals surface area contributed by atoms with E-state index in [2.05, 4.69) is 5.73 Å². The molecule has 1 rings (SSSR count). The summed E-state index contributed by atoms with van der Waals surface area (Å²) in [5.41, 5.74) is 3.34. The first-order valence-corrected chi connectivity index (χ1v) is 3.79. The van der Waals surface area contributed by atoms with Gasteiger partial charge < -0.3 is 25.5 Å². The van der Waals surface area contributed by atoms with E-state index in [0.717, 1.165) is 0 Å². The quantitative estimate of drug-likeness (QED) is 0.469. The Morgan fingerprint density at radius 3 is 2.17 bits per heavy atom. The summed E-state index contributed by atoms with van der Waals surface area (Å²) in [6, 6.07) is -0.929. The van der Waals surface area contributed by atoms with E-state index in [4.69, 9.17) is 0 Å². The average Bonchev–Trinajstić information content (AvgIpc) is 1.82. The van der Waals surface area contributed by atoms with E-state index in [1.165, 1.54) is 0 Å². The molecule has 1 saturated carbocycles. The van der Waals surface area contributed by atoms with Crippen LogP contribution in [-0.2, 0) is 9.59 Å². The number of quaternary nitrogens is 1. The van der Waals surface area contributed by atoms with Crippen molar-refractivity contribution in [2.75, 3.05) is 0 Å². The van der Waals surface area contributed by atoms with Gasteiger partial charge in [0.1, 0.15) is 6.04 Å². The summed E-state index contributed by atoms with van der Waals surface area (Å²) < 4.78 is 0. The fraction of sp³-hybridized carbons (Fsp3) is 0.714. The van der Waals surface area contributed by atoms with Gasteiger partial charge in [-0.25, -0.2) is 0 Å². The number of hydrogen-bond acceptors (Lipinski definition) is 4. The first-order chi connectivity index (χ1) is 5.54. The van der Waals surface area contributed by atoms with E-state index in [1.807, 2.05) is 0 Å². The second-order valence-electron chi connectivity index (χ2n) is 3.09. The lowest BCUT2D eigenvalue weighted by Gasteiger charge is -2.39. The lowest BCUT2D eigenvalue weighted by molar-refractivity contribution is -0.455. The second kappa shape index (κ2) is 3.10. The Balaban J connectivity index is 2.54. The largest absolute Gasteiger partial charge is 0.550 e. The van der Waals surface area contributed by atoms with Crippen molar-refractivity contribution in [1.82, 2.24) is 0 Å².